The Morgan fingerprint density at radius 3 is 2.61 bits per heavy atom. The van der Waals surface area contributed by atoms with Crippen molar-refractivity contribution in [3.05, 3.63) is 59.7 Å². The molecule has 1 heterocycles. The Balaban J connectivity index is 1.68. The number of hydrogen-bond donors (Lipinski definition) is 4. The number of aryl methyl sites for hydroxylation is 1. The van der Waals surface area contributed by atoms with E-state index in [2.05, 4.69) is 25.6 Å². The van der Waals surface area contributed by atoms with Gasteiger partial charge in [-0.05, 0) is 44.0 Å². The van der Waals surface area contributed by atoms with Gasteiger partial charge in [0.1, 0.15) is 5.82 Å². The zero-order valence-electron chi connectivity index (χ0n) is 17.5. The first kappa shape index (κ1) is 20.6. The standard InChI is InChI=1S/C23H27N7O/c1-14-11-12-17-16(13-14)20(26-18-9-5-6-10-19(18)27-22(24)25)29-23(28-17)30-21(31)15-7-3-2-4-8-15/h2-4,7-8,11-13,18-19H,5-6,9-10H2,1H3,(H4,24,25,27)(H2,26,28,29,30,31). The van der Waals surface area contributed by atoms with Crippen molar-refractivity contribution in [1.82, 2.24) is 9.97 Å². The summed E-state index contributed by atoms with van der Waals surface area (Å²) in [4.78, 5) is 26.2. The first-order chi connectivity index (χ1) is 15.0. The molecule has 8 nitrogen and oxygen atoms in total. The Labute approximate surface area is 181 Å². The van der Waals surface area contributed by atoms with Gasteiger partial charge in [0, 0.05) is 10.9 Å². The zero-order valence-corrected chi connectivity index (χ0v) is 17.5. The summed E-state index contributed by atoms with van der Waals surface area (Å²) in [7, 11) is 0. The molecule has 1 fully saturated rings. The number of nitrogens with two attached hydrogens (primary N) is 2. The zero-order chi connectivity index (χ0) is 21.8. The molecule has 0 bridgehead atoms. The number of aliphatic imine (C=N–C) groups is 1. The van der Waals surface area contributed by atoms with Gasteiger partial charge in [0.05, 0.1) is 17.6 Å². The fraction of sp³-hybridized carbons (Fsp3) is 0.304. The van der Waals surface area contributed by atoms with Crippen molar-refractivity contribution in [2.45, 2.75) is 44.7 Å². The number of carbonyl (C=O) groups excluding carboxylic acids is 1. The van der Waals surface area contributed by atoms with Crippen LogP contribution < -0.4 is 22.1 Å². The third-order valence-corrected chi connectivity index (χ3v) is 5.48. The van der Waals surface area contributed by atoms with Gasteiger partial charge in [-0.3, -0.25) is 10.1 Å². The SMILES string of the molecule is Cc1ccc2nc(NC(=O)c3ccccc3)nc(NC3CCCCC3N=C(N)N)c2c1. The van der Waals surface area contributed by atoms with E-state index >= 15 is 0 Å². The van der Waals surface area contributed by atoms with Crippen molar-refractivity contribution in [3.8, 4) is 0 Å². The van der Waals surface area contributed by atoms with Crippen LogP contribution >= 0.6 is 0 Å². The molecule has 2 atom stereocenters. The molecule has 31 heavy (non-hydrogen) atoms. The second-order valence-corrected chi connectivity index (χ2v) is 7.89. The molecule has 1 saturated carbocycles. The molecule has 1 aromatic heterocycles. The maximum absolute atomic E-state index is 12.6. The van der Waals surface area contributed by atoms with Crippen LogP contribution in [0.3, 0.4) is 0 Å². The van der Waals surface area contributed by atoms with Crippen molar-refractivity contribution < 1.29 is 4.79 Å². The summed E-state index contributed by atoms with van der Waals surface area (Å²) in [6, 6.07) is 15.0. The van der Waals surface area contributed by atoms with Crippen molar-refractivity contribution in [3.63, 3.8) is 0 Å². The van der Waals surface area contributed by atoms with Crippen LogP contribution in [0.4, 0.5) is 11.8 Å². The number of carbonyl (C=O) groups is 1. The van der Waals surface area contributed by atoms with E-state index in [0.29, 0.717) is 11.4 Å². The summed E-state index contributed by atoms with van der Waals surface area (Å²) in [6.07, 6.45) is 4.02. The summed E-state index contributed by atoms with van der Waals surface area (Å²) < 4.78 is 0. The first-order valence-corrected chi connectivity index (χ1v) is 10.5. The molecular formula is C23H27N7O. The van der Waals surface area contributed by atoms with Crippen molar-refractivity contribution >= 4 is 34.5 Å². The minimum absolute atomic E-state index is 0.0177. The number of hydrogen-bond acceptors (Lipinski definition) is 5. The highest BCUT2D eigenvalue weighted by Crippen LogP contribution is 2.29. The Bertz CT molecular complexity index is 1110. The summed E-state index contributed by atoms with van der Waals surface area (Å²) in [6.45, 7) is 2.02. The number of nitrogens with one attached hydrogen (secondary N) is 2. The van der Waals surface area contributed by atoms with E-state index in [0.717, 1.165) is 42.1 Å². The van der Waals surface area contributed by atoms with Gasteiger partial charge in [-0.2, -0.15) is 4.98 Å². The fourth-order valence-electron chi connectivity index (χ4n) is 3.97. The van der Waals surface area contributed by atoms with E-state index in [1.807, 2.05) is 43.3 Å². The molecule has 2 aromatic carbocycles. The molecule has 160 valence electrons. The largest absolute Gasteiger partial charge is 0.370 e. The first-order valence-electron chi connectivity index (χ1n) is 10.5. The predicted molar refractivity (Wildman–Crippen MR) is 124 cm³/mol. The second kappa shape index (κ2) is 8.99. The van der Waals surface area contributed by atoms with E-state index in [1.54, 1.807) is 12.1 Å². The quantitative estimate of drug-likeness (QED) is 0.372. The summed E-state index contributed by atoms with van der Waals surface area (Å²) in [5.74, 6) is 0.758. The van der Waals surface area contributed by atoms with Crippen LogP contribution in [0.2, 0.25) is 0 Å². The monoisotopic (exact) mass is 417 g/mol. The normalized spacial score (nSPS) is 18.4. The third-order valence-electron chi connectivity index (χ3n) is 5.48. The highest BCUT2D eigenvalue weighted by Gasteiger charge is 2.26. The van der Waals surface area contributed by atoms with Crippen LogP contribution in [0, 0.1) is 6.92 Å². The minimum Gasteiger partial charge on any atom is -0.370 e. The fourth-order valence-corrected chi connectivity index (χ4v) is 3.97. The molecule has 0 aliphatic heterocycles. The lowest BCUT2D eigenvalue weighted by Crippen LogP contribution is -2.38. The number of nitrogens with zero attached hydrogens (tertiary/aromatic N) is 3. The van der Waals surface area contributed by atoms with Gasteiger partial charge < -0.3 is 16.8 Å². The maximum Gasteiger partial charge on any atom is 0.258 e. The number of anilines is 2. The van der Waals surface area contributed by atoms with Gasteiger partial charge in [0.15, 0.2) is 5.96 Å². The highest BCUT2D eigenvalue weighted by atomic mass is 16.1. The van der Waals surface area contributed by atoms with E-state index in [4.69, 9.17) is 11.5 Å². The average Bonchev–Trinajstić information content (AvgIpc) is 2.76. The number of amides is 1. The van der Waals surface area contributed by atoms with E-state index in [-0.39, 0.29) is 29.9 Å². The van der Waals surface area contributed by atoms with Crippen LogP contribution in [-0.2, 0) is 0 Å². The van der Waals surface area contributed by atoms with Gasteiger partial charge in [0.25, 0.3) is 5.91 Å². The number of rotatable bonds is 5. The molecule has 1 amide bonds. The predicted octanol–water partition coefficient (Wildman–Crippen LogP) is 3.19. The summed E-state index contributed by atoms with van der Waals surface area (Å²) >= 11 is 0. The Morgan fingerprint density at radius 2 is 1.84 bits per heavy atom. The summed E-state index contributed by atoms with van der Waals surface area (Å²) in [5, 5.41) is 7.25. The lowest BCUT2D eigenvalue weighted by Gasteiger charge is -2.30. The Morgan fingerprint density at radius 1 is 1.06 bits per heavy atom. The molecule has 2 unspecified atom stereocenters. The average molecular weight is 418 g/mol. The van der Waals surface area contributed by atoms with Gasteiger partial charge in [-0.15, -0.1) is 0 Å². The van der Waals surface area contributed by atoms with E-state index < -0.39 is 0 Å². The second-order valence-electron chi connectivity index (χ2n) is 7.89. The van der Waals surface area contributed by atoms with Crippen LogP contribution in [0.25, 0.3) is 10.9 Å². The molecule has 1 aliphatic carbocycles. The van der Waals surface area contributed by atoms with Gasteiger partial charge >= 0.3 is 0 Å². The van der Waals surface area contributed by atoms with Crippen molar-refractivity contribution in [1.29, 1.82) is 0 Å². The lowest BCUT2D eigenvalue weighted by atomic mass is 9.90. The Kier molecular flexibility index (Phi) is 5.97. The van der Waals surface area contributed by atoms with Crippen LogP contribution in [0.5, 0.6) is 0 Å². The maximum atomic E-state index is 12.6. The summed E-state index contributed by atoms with van der Waals surface area (Å²) in [5.41, 5.74) is 13.7. The number of guanidine groups is 1. The molecule has 0 spiro atoms. The number of benzene rings is 2. The highest BCUT2D eigenvalue weighted by molar-refractivity contribution is 6.04. The smallest absolute Gasteiger partial charge is 0.258 e. The topological polar surface area (TPSA) is 131 Å². The minimum atomic E-state index is -0.256. The van der Waals surface area contributed by atoms with Crippen LogP contribution in [-0.4, -0.2) is 33.9 Å². The molecule has 4 rings (SSSR count). The van der Waals surface area contributed by atoms with Crippen LogP contribution in [0.15, 0.2) is 53.5 Å². The molecule has 0 radical (unpaired) electrons. The van der Waals surface area contributed by atoms with Gasteiger partial charge in [-0.25, -0.2) is 9.98 Å². The lowest BCUT2D eigenvalue weighted by molar-refractivity contribution is 0.102. The van der Waals surface area contributed by atoms with Crippen molar-refractivity contribution in [2.24, 2.45) is 16.5 Å². The van der Waals surface area contributed by atoms with Crippen molar-refractivity contribution in [2.75, 3.05) is 10.6 Å². The molecule has 8 heteroatoms. The van der Waals surface area contributed by atoms with E-state index in [1.165, 1.54) is 0 Å². The Hall–Kier alpha value is -3.68. The van der Waals surface area contributed by atoms with E-state index in [9.17, 15) is 4.79 Å². The molecule has 1 aliphatic rings. The number of fused-ring (bicyclic) bond motifs is 1. The molecular weight excluding hydrogens is 390 g/mol. The van der Waals surface area contributed by atoms with Gasteiger partial charge in [-0.1, -0.05) is 42.7 Å². The number of aromatic nitrogens is 2. The molecule has 6 N–H and O–H groups in total. The van der Waals surface area contributed by atoms with Crippen LogP contribution in [0.1, 0.15) is 41.6 Å². The van der Waals surface area contributed by atoms with Gasteiger partial charge in [0.2, 0.25) is 5.95 Å². The third kappa shape index (κ3) is 4.91. The molecule has 3 aromatic rings. The molecule has 0 saturated heterocycles.